The number of hydrogen-bond acceptors (Lipinski definition) is 2. The predicted molar refractivity (Wildman–Crippen MR) is 54.5 cm³/mol. The summed E-state index contributed by atoms with van der Waals surface area (Å²) in [4.78, 5) is 2.27. The minimum absolute atomic E-state index is 0.482. The normalized spacial score (nSPS) is 28.8. The van der Waals surface area contributed by atoms with Crippen LogP contribution in [0.5, 0.6) is 0 Å². The van der Waals surface area contributed by atoms with Crippen molar-refractivity contribution in [1.29, 1.82) is 0 Å². The average Bonchev–Trinajstić information content (AvgIpc) is 2.18. The highest BCUT2D eigenvalue weighted by Gasteiger charge is 2.22. The van der Waals surface area contributed by atoms with Crippen LogP contribution in [0.3, 0.4) is 0 Å². The fraction of sp³-hybridized carbons (Fsp3) is 0.818. The fourth-order valence-electron chi connectivity index (χ4n) is 1.99. The summed E-state index contributed by atoms with van der Waals surface area (Å²) in [5.41, 5.74) is 0. The Morgan fingerprint density at radius 3 is 2.46 bits per heavy atom. The summed E-state index contributed by atoms with van der Waals surface area (Å²) in [6, 6.07) is 0.669. The molecule has 2 heteroatoms. The lowest BCUT2D eigenvalue weighted by molar-refractivity contribution is 0.0466. The van der Waals surface area contributed by atoms with Gasteiger partial charge in [-0.25, -0.2) is 0 Å². The first-order chi connectivity index (χ1) is 6.27. The van der Waals surface area contributed by atoms with Gasteiger partial charge in [0, 0.05) is 13.2 Å². The molecule has 0 aromatic rings. The third kappa shape index (κ3) is 3.02. The number of terminal acetylenes is 1. The maximum Gasteiger partial charge on any atom is 0.0598 e. The highest BCUT2D eigenvalue weighted by atomic mass is 16.5. The zero-order valence-corrected chi connectivity index (χ0v) is 8.62. The molecule has 0 N–H and O–H groups in total. The van der Waals surface area contributed by atoms with Gasteiger partial charge in [-0.2, -0.15) is 0 Å². The second-order valence-corrected chi connectivity index (χ2v) is 3.79. The van der Waals surface area contributed by atoms with E-state index in [1.165, 1.54) is 25.7 Å². The van der Waals surface area contributed by atoms with E-state index in [2.05, 4.69) is 17.9 Å². The van der Waals surface area contributed by atoms with E-state index in [0.717, 1.165) is 6.54 Å². The van der Waals surface area contributed by atoms with Crippen LogP contribution in [-0.2, 0) is 4.74 Å². The summed E-state index contributed by atoms with van der Waals surface area (Å²) in [5, 5.41) is 0. The second-order valence-electron chi connectivity index (χ2n) is 3.79. The Hall–Kier alpha value is -0.520. The van der Waals surface area contributed by atoms with Crippen LogP contribution in [0, 0.1) is 12.3 Å². The molecule has 1 saturated carbocycles. The largest absolute Gasteiger partial charge is 0.381 e. The third-order valence-corrected chi connectivity index (χ3v) is 2.94. The van der Waals surface area contributed by atoms with Gasteiger partial charge in [0.05, 0.1) is 12.6 Å². The molecular formula is C11H19NO. The topological polar surface area (TPSA) is 12.5 Å². The van der Waals surface area contributed by atoms with Crippen molar-refractivity contribution in [2.75, 3.05) is 20.7 Å². The van der Waals surface area contributed by atoms with Gasteiger partial charge >= 0.3 is 0 Å². The Kier molecular flexibility index (Phi) is 4.27. The summed E-state index contributed by atoms with van der Waals surface area (Å²) in [6.45, 7) is 0.766. The molecule has 0 radical (unpaired) electrons. The number of rotatable bonds is 3. The average molecular weight is 181 g/mol. The first-order valence-electron chi connectivity index (χ1n) is 4.94. The van der Waals surface area contributed by atoms with Crippen LogP contribution in [0.2, 0.25) is 0 Å². The molecule has 1 rings (SSSR count). The minimum atomic E-state index is 0.482. The van der Waals surface area contributed by atoms with E-state index < -0.39 is 0 Å². The molecule has 1 fully saturated rings. The molecule has 0 aromatic heterocycles. The Labute approximate surface area is 81.3 Å². The molecule has 0 aromatic carbocycles. The molecule has 1 aliphatic carbocycles. The molecule has 13 heavy (non-hydrogen) atoms. The number of nitrogens with zero attached hydrogens (tertiary/aromatic N) is 1. The van der Waals surface area contributed by atoms with Gasteiger partial charge in [0.15, 0.2) is 0 Å². The van der Waals surface area contributed by atoms with Gasteiger partial charge in [-0.1, -0.05) is 5.92 Å². The second kappa shape index (κ2) is 5.26. The first-order valence-corrected chi connectivity index (χ1v) is 4.94. The lowest BCUT2D eigenvalue weighted by atomic mass is 9.92. The number of methoxy groups -OCH3 is 1. The van der Waals surface area contributed by atoms with Gasteiger partial charge in [0.2, 0.25) is 0 Å². The van der Waals surface area contributed by atoms with E-state index >= 15 is 0 Å². The summed E-state index contributed by atoms with van der Waals surface area (Å²) < 4.78 is 5.32. The van der Waals surface area contributed by atoms with E-state index in [-0.39, 0.29) is 0 Å². The maximum absolute atomic E-state index is 5.32. The Balaban J connectivity index is 2.28. The van der Waals surface area contributed by atoms with Gasteiger partial charge in [0.25, 0.3) is 0 Å². The van der Waals surface area contributed by atoms with E-state index in [4.69, 9.17) is 11.2 Å². The standard InChI is InChI=1S/C11H19NO/c1-4-9-12(2)10-5-7-11(13-3)8-6-10/h1,10-11H,5-9H2,2-3H3. The van der Waals surface area contributed by atoms with Gasteiger partial charge in [-0.15, -0.1) is 6.42 Å². The third-order valence-electron chi connectivity index (χ3n) is 2.94. The summed E-state index contributed by atoms with van der Waals surface area (Å²) >= 11 is 0. The quantitative estimate of drug-likeness (QED) is 0.612. The van der Waals surface area contributed by atoms with Gasteiger partial charge in [-0.05, 0) is 32.7 Å². The zero-order chi connectivity index (χ0) is 9.68. The Morgan fingerprint density at radius 1 is 1.38 bits per heavy atom. The molecule has 0 heterocycles. The van der Waals surface area contributed by atoms with Crippen molar-refractivity contribution in [1.82, 2.24) is 4.90 Å². The van der Waals surface area contributed by atoms with Crippen molar-refractivity contribution in [3.8, 4) is 12.3 Å². The van der Waals surface area contributed by atoms with Crippen LogP contribution >= 0.6 is 0 Å². The van der Waals surface area contributed by atoms with E-state index in [9.17, 15) is 0 Å². The van der Waals surface area contributed by atoms with Crippen molar-refractivity contribution in [3.05, 3.63) is 0 Å². The van der Waals surface area contributed by atoms with Gasteiger partial charge in [-0.3, -0.25) is 4.90 Å². The van der Waals surface area contributed by atoms with Crippen LogP contribution in [0.25, 0.3) is 0 Å². The van der Waals surface area contributed by atoms with Crippen molar-refractivity contribution in [3.63, 3.8) is 0 Å². The summed E-state index contributed by atoms with van der Waals surface area (Å²) in [5.74, 6) is 2.68. The smallest absolute Gasteiger partial charge is 0.0598 e. The van der Waals surface area contributed by atoms with Gasteiger partial charge in [0.1, 0.15) is 0 Å². The molecule has 0 atom stereocenters. The molecule has 0 saturated heterocycles. The zero-order valence-electron chi connectivity index (χ0n) is 8.62. The highest BCUT2D eigenvalue weighted by molar-refractivity contribution is 4.90. The minimum Gasteiger partial charge on any atom is -0.381 e. The molecule has 0 bridgehead atoms. The maximum atomic E-state index is 5.32. The van der Waals surface area contributed by atoms with Crippen LogP contribution in [0.4, 0.5) is 0 Å². The number of ether oxygens (including phenoxy) is 1. The van der Waals surface area contributed by atoms with E-state index in [0.29, 0.717) is 12.1 Å². The molecule has 0 amide bonds. The van der Waals surface area contributed by atoms with Crippen LogP contribution in [0.1, 0.15) is 25.7 Å². The number of hydrogen-bond donors (Lipinski definition) is 0. The van der Waals surface area contributed by atoms with Crippen LogP contribution in [0.15, 0.2) is 0 Å². The Bertz CT molecular complexity index is 177. The monoisotopic (exact) mass is 181 g/mol. The molecule has 0 spiro atoms. The van der Waals surface area contributed by atoms with Crippen molar-refractivity contribution < 1.29 is 4.74 Å². The molecule has 0 aliphatic heterocycles. The lowest BCUT2D eigenvalue weighted by Crippen LogP contribution is -2.36. The summed E-state index contributed by atoms with van der Waals surface area (Å²) in [7, 11) is 3.91. The van der Waals surface area contributed by atoms with Gasteiger partial charge < -0.3 is 4.74 Å². The summed E-state index contributed by atoms with van der Waals surface area (Å²) in [6.07, 6.45) is 10.5. The Morgan fingerprint density at radius 2 is 2.00 bits per heavy atom. The molecule has 0 unspecified atom stereocenters. The fourth-order valence-corrected chi connectivity index (χ4v) is 1.99. The van der Waals surface area contributed by atoms with Crippen LogP contribution < -0.4 is 0 Å². The highest BCUT2D eigenvalue weighted by Crippen LogP contribution is 2.23. The van der Waals surface area contributed by atoms with Crippen molar-refractivity contribution in [2.45, 2.75) is 37.8 Å². The van der Waals surface area contributed by atoms with E-state index in [1.807, 2.05) is 0 Å². The van der Waals surface area contributed by atoms with Crippen molar-refractivity contribution in [2.24, 2.45) is 0 Å². The first kappa shape index (κ1) is 10.6. The van der Waals surface area contributed by atoms with E-state index in [1.54, 1.807) is 7.11 Å². The lowest BCUT2D eigenvalue weighted by Gasteiger charge is -2.33. The van der Waals surface area contributed by atoms with Crippen LogP contribution in [-0.4, -0.2) is 37.7 Å². The molecule has 2 nitrogen and oxygen atoms in total. The predicted octanol–water partition coefficient (Wildman–Crippen LogP) is 1.51. The molecule has 74 valence electrons. The van der Waals surface area contributed by atoms with Crippen molar-refractivity contribution >= 4 is 0 Å². The molecule has 1 aliphatic rings. The SMILES string of the molecule is C#CCN(C)C1CCC(OC)CC1. The molecular weight excluding hydrogens is 162 g/mol.